The third-order valence-corrected chi connectivity index (χ3v) is 3.13. The van der Waals surface area contributed by atoms with Crippen LogP contribution in [-0.4, -0.2) is 32.2 Å². The lowest BCUT2D eigenvalue weighted by Gasteiger charge is -2.13. The van der Waals surface area contributed by atoms with Gasteiger partial charge in [0.05, 0.1) is 4.92 Å². The number of nitrogens with zero attached hydrogens (tertiary/aromatic N) is 2. The summed E-state index contributed by atoms with van der Waals surface area (Å²) in [5.41, 5.74) is 0.555. The Balaban J connectivity index is 2.77. The van der Waals surface area contributed by atoms with Gasteiger partial charge in [-0.3, -0.25) is 14.3 Å². The highest BCUT2D eigenvalue weighted by Crippen LogP contribution is 2.19. The minimum Gasteiger partial charge on any atom is -0.367 e. The van der Waals surface area contributed by atoms with Gasteiger partial charge in [-0.1, -0.05) is 0 Å². The number of aryl methyl sites for hydroxylation is 1. The van der Waals surface area contributed by atoms with E-state index in [1.165, 1.54) is 6.20 Å². The summed E-state index contributed by atoms with van der Waals surface area (Å²) in [6.45, 7) is 3.55. The molecule has 0 radical (unpaired) electrons. The number of nitro groups is 1. The van der Waals surface area contributed by atoms with E-state index in [9.17, 15) is 14.3 Å². The molecule has 0 bridgehead atoms. The average molecular weight is 257 g/mol. The maximum atomic E-state index is 11.0. The van der Waals surface area contributed by atoms with Crippen LogP contribution in [0.4, 0.5) is 11.5 Å². The van der Waals surface area contributed by atoms with Gasteiger partial charge in [-0.2, -0.15) is 0 Å². The van der Waals surface area contributed by atoms with Crippen LogP contribution < -0.4 is 5.32 Å². The van der Waals surface area contributed by atoms with Gasteiger partial charge in [0.2, 0.25) is 0 Å². The topological polar surface area (TPSA) is 85.1 Å². The van der Waals surface area contributed by atoms with Gasteiger partial charge in [-0.05, 0) is 19.9 Å². The summed E-state index contributed by atoms with van der Waals surface area (Å²) in [7, 11) is -0.885. The fourth-order valence-corrected chi connectivity index (χ4v) is 2.25. The number of anilines is 1. The Morgan fingerprint density at radius 2 is 2.29 bits per heavy atom. The van der Waals surface area contributed by atoms with E-state index in [4.69, 9.17) is 0 Å². The van der Waals surface area contributed by atoms with E-state index >= 15 is 0 Å². The molecule has 0 saturated carbocycles. The first-order valence-corrected chi connectivity index (χ1v) is 6.80. The zero-order chi connectivity index (χ0) is 13.0. The molecule has 0 aliphatic carbocycles. The summed E-state index contributed by atoms with van der Waals surface area (Å²) >= 11 is 0. The molecule has 0 fully saturated rings. The summed E-state index contributed by atoms with van der Waals surface area (Å²) in [6.07, 6.45) is 2.86. The lowest BCUT2D eigenvalue weighted by atomic mass is 10.2. The molecule has 0 aliphatic rings. The molecule has 6 nitrogen and oxygen atoms in total. The normalized spacial score (nSPS) is 14.1. The van der Waals surface area contributed by atoms with Crippen LogP contribution in [0, 0.1) is 17.0 Å². The van der Waals surface area contributed by atoms with Crippen LogP contribution in [0.1, 0.15) is 12.5 Å². The predicted octanol–water partition coefficient (Wildman–Crippen LogP) is 1.48. The van der Waals surface area contributed by atoms with Crippen LogP contribution in [0.2, 0.25) is 0 Å². The molecule has 0 spiro atoms. The lowest BCUT2D eigenvalue weighted by molar-refractivity contribution is -0.385. The van der Waals surface area contributed by atoms with Gasteiger partial charge in [0, 0.05) is 34.4 Å². The van der Waals surface area contributed by atoms with Crippen molar-refractivity contribution < 1.29 is 9.13 Å². The van der Waals surface area contributed by atoms with Crippen molar-refractivity contribution in [2.45, 2.75) is 19.9 Å². The van der Waals surface area contributed by atoms with Crippen molar-refractivity contribution in [1.82, 2.24) is 4.98 Å². The van der Waals surface area contributed by atoms with E-state index in [2.05, 4.69) is 10.3 Å². The largest absolute Gasteiger partial charge is 0.367 e. The Hall–Kier alpha value is -1.50. The van der Waals surface area contributed by atoms with Crippen molar-refractivity contribution in [3.8, 4) is 0 Å². The first-order valence-electron chi connectivity index (χ1n) is 5.07. The van der Waals surface area contributed by atoms with Gasteiger partial charge >= 0.3 is 0 Å². The number of pyridine rings is 1. The number of rotatable bonds is 5. The molecule has 1 aromatic rings. The number of nitrogens with one attached hydrogen (secondary N) is 1. The van der Waals surface area contributed by atoms with Crippen LogP contribution >= 0.6 is 0 Å². The van der Waals surface area contributed by atoms with Crippen LogP contribution in [0.15, 0.2) is 12.3 Å². The van der Waals surface area contributed by atoms with E-state index in [-0.39, 0.29) is 11.7 Å². The van der Waals surface area contributed by atoms with Gasteiger partial charge < -0.3 is 5.32 Å². The molecule has 94 valence electrons. The molecule has 7 heteroatoms. The van der Waals surface area contributed by atoms with Crippen LogP contribution in [0.3, 0.4) is 0 Å². The van der Waals surface area contributed by atoms with Gasteiger partial charge in [-0.25, -0.2) is 4.98 Å². The van der Waals surface area contributed by atoms with Crippen LogP contribution in [-0.2, 0) is 10.8 Å². The van der Waals surface area contributed by atoms with E-state index in [0.29, 0.717) is 17.1 Å². The molecular weight excluding hydrogens is 242 g/mol. The number of hydrogen-bond acceptors (Lipinski definition) is 5. The standard InChI is InChI=1S/C10H15N3O3S/c1-7-4-10(11-5-9(7)13(14)15)12-8(2)6-17(3)16/h4-5,8H,6H2,1-3H3,(H,11,12). The zero-order valence-corrected chi connectivity index (χ0v) is 10.8. The van der Waals surface area contributed by atoms with E-state index < -0.39 is 15.7 Å². The van der Waals surface area contributed by atoms with Crippen molar-refractivity contribution in [3.05, 3.63) is 27.9 Å². The van der Waals surface area contributed by atoms with E-state index in [0.717, 1.165) is 0 Å². The van der Waals surface area contributed by atoms with Crippen LogP contribution in [0.25, 0.3) is 0 Å². The lowest BCUT2D eigenvalue weighted by Crippen LogP contribution is -2.22. The average Bonchev–Trinajstić information content (AvgIpc) is 2.15. The van der Waals surface area contributed by atoms with Crippen molar-refractivity contribution in [3.63, 3.8) is 0 Å². The molecule has 0 amide bonds. The number of hydrogen-bond donors (Lipinski definition) is 1. The van der Waals surface area contributed by atoms with Crippen molar-refractivity contribution in [1.29, 1.82) is 0 Å². The highest BCUT2D eigenvalue weighted by atomic mass is 32.2. The molecule has 0 aromatic carbocycles. The molecule has 1 rings (SSSR count). The van der Waals surface area contributed by atoms with Gasteiger partial charge in [0.15, 0.2) is 0 Å². The zero-order valence-electron chi connectivity index (χ0n) is 9.97. The Bertz CT molecular complexity index is 450. The summed E-state index contributed by atoms with van der Waals surface area (Å²) < 4.78 is 11.0. The fraction of sp³-hybridized carbons (Fsp3) is 0.500. The third-order valence-electron chi connectivity index (χ3n) is 2.16. The minimum atomic E-state index is -0.885. The van der Waals surface area contributed by atoms with Crippen LogP contribution in [0.5, 0.6) is 0 Å². The third kappa shape index (κ3) is 4.10. The second-order valence-electron chi connectivity index (χ2n) is 3.90. The van der Waals surface area contributed by atoms with Crippen molar-refractivity contribution in [2.24, 2.45) is 0 Å². The van der Waals surface area contributed by atoms with Gasteiger partial charge in [0.25, 0.3) is 5.69 Å². The fourth-order valence-electron chi connectivity index (χ4n) is 1.47. The summed E-state index contributed by atoms with van der Waals surface area (Å²) in [5, 5.41) is 13.7. The second kappa shape index (κ2) is 5.72. The second-order valence-corrected chi connectivity index (χ2v) is 5.38. The molecule has 2 atom stereocenters. The molecule has 17 heavy (non-hydrogen) atoms. The van der Waals surface area contributed by atoms with Crippen molar-refractivity contribution >= 4 is 22.3 Å². The maximum absolute atomic E-state index is 11.0. The Morgan fingerprint density at radius 1 is 1.65 bits per heavy atom. The molecule has 1 aromatic heterocycles. The molecule has 0 saturated heterocycles. The molecule has 0 aliphatic heterocycles. The molecule has 1 N–H and O–H groups in total. The van der Waals surface area contributed by atoms with Crippen molar-refractivity contribution in [2.75, 3.05) is 17.3 Å². The Morgan fingerprint density at radius 3 is 2.76 bits per heavy atom. The highest BCUT2D eigenvalue weighted by molar-refractivity contribution is 7.84. The Kier molecular flexibility index (Phi) is 4.56. The summed E-state index contributed by atoms with van der Waals surface area (Å²) in [5.74, 6) is 1.07. The quantitative estimate of drug-likeness (QED) is 0.638. The first kappa shape index (κ1) is 13.6. The first-order chi connectivity index (χ1) is 7.90. The molecule has 2 unspecified atom stereocenters. The minimum absolute atomic E-state index is 0.00210. The van der Waals surface area contributed by atoms with Gasteiger partial charge in [0.1, 0.15) is 12.0 Å². The molecule has 1 heterocycles. The monoisotopic (exact) mass is 257 g/mol. The van der Waals surface area contributed by atoms with E-state index in [1.54, 1.807) is 19.2 Å². The summed E-state index contributed by atoms with van der Waals surface area (Å²) in [6, 6.07) is 1.63. The summed E-state index contributed by atoms with van der Waals surface area (Å²) in [4.78, 5) is 14.1. The highest BCUT2D eigenvalue weighted by Gasteiger charge is 2.12. The number of aromatic nitrogens is 1. The Labute approximate surface area is 102 Å². The molecular formula is C10H15N3O3S. The smallest absolute Gasteiger partial charge is 0.290 e. The van der Waals surface area contributed by atoms with E-state index in [1.807, 2.05) is 6.92 Å². The van der Waals surface area contributed by atoms with Gasteiger partial charge in [-0.15, -0.1) is 0 Å². The SMILES string of the molecule is Cc1cc(NC(C)CS(C)=O)ncc1[N+](=O)[O-]. The maximum Gasteiger partial charge on any atom is 0.290 e. The predicted molar refractivity (Wildman–Crippen MR) is 67.6 cm³/mol.